The Morgan fingerprint density at radius 2 is 2.22 bits per heavy atom. The maximum absolute atomic E-state index is 11.4. The molecule has 1 amide bonds. The highest BCUT2D eigenvalue weighted by atomic mass is 16.5. The third kappa shape index (κ3) is 4.49. The SMILES string of the molecule is CCC(=CCN1CCC(NC(C)=O)C1)C(=O)OC. The van der Waals surface area contributed by atoms with Gasteiger partial charge in [-0.05, 0) is 12.8 Å². The Kier molecular flexibility index (Phi) is 5.85. The number of ether oxygens (including phenoxy) is 1. The minimum absolute atomic E-state index is 0.0150. The fourth-order valence-corrected chi connectivity index (χ4v) is 2.15. The van der Waals surface area contributed by atoms with E-state index in [1.54, 1.807) is 0 Å². The van der Waals surface area contributed by atoms with Gasteiger partial charge >= 0.3 is 5.97 Å². The van der Waals surface area contributed by atoms with Crippen LogP contribution in [0.2, 0.25) is 0 Å². The van der Waals surface area contributed by atoms with Crippen molar-refractivity contribution >= 4 is 11.9 Å². The van der Waals surface area contributed by atoms with Crippen LogP contribution in [-0.4, -0.2) is 49.6 Å². The largest absolute Gasteiger partial charge is 0.466 e. The number of hydrogen-bond acceptors (Lipinski definition) is 4. The zero-order valence-corrected chi connectivity index (χ0v) is 11.4. The van der Waals surface area contributed by atoms with Gasteiger partial charge in [-0.15, -0.1) is 0 Å². The molecule has 1 N–H and O–H groups in total. The predicted octanol–water partition coefficient (Wildman–Crippen LogP) is 0.706. The van der Waals surface area contributed by atoms with Crippen LogP contribution in [0.4, 0.5) is 0 Å². The Morgan fingerprint density at radius 1 is 1.50 bits per heavy atom. The van der Waals surface area contributed by atoms with Crippen molar-refractivity contribution in [3.05, 3.63) is 11.6 Å². The summed E-state index contributed by atoms with van der Waals surface area (Å²) >= 11 is 0. The van der Waals surface area contributed by atoms with Crippen LogP contribution in [0.5, 0.6) is 0 Å². The lowest BCUT2D eigenvalue weighted by molar-refractivity contribution is -0.136. The van der Waals surface area contributed by atoms with Crippen LogP contribution >= 0.6 is 0 Å². The van der Waals surface area contributed by atoms with E-state index in [2.05, 4.69) is 10.2 Å². The minimum Gasteiger partial charge on any atom is -0.466 e. The van der Waals surface area contributed by atoms with Crippen molar-refractivity contribution in [2.75, 3.05) is 26.7 Å². The Morgan fingerprint density at radius 3 is 2.78 bits per heavy atom. The monoisotopic (exact) mass is 254 g/mol. The molecule has 0 aromatic carbocycles. The Labute approximate surface area is 108 Å². The quantitative estimate of drug-likeness (QED) is 0.580. The fraction of sp³-hybridized carbons (Fsp3) is 0.692. The van der Waals surface area contributed by atoms with E-state index in [4.69, 9.17) is 4.74 Å². The van der Waals surface area contributed by atoms with E-state index in [9.17, 15) is 9.59 Å². The molecule has 0 radical (unpaired) electrons. The van der Waals surface area contributed by atoms with Gasteiger partial charge in [-0.2, -0.15) is 0 Å². The third-order valence-corrected chi connectivity index (χ3v) is 3.10. The molecule has 1 atom stereocenters. The summed E-state index contributed by atoms with van der Waals surface area (Å²) in [6.07, 6.45) is 3.56. The number of hydrogen-bond donors (Lipinski definition) is 1. The number of likely N-dealkylation sites (tertiary alicyclic amines) is 1. The van der Waals surface area contributed by atoms with Crippen molar-refractivity contribution in [1.29, 1.82) is 0 Å². The van der Waals surface area contributed by atoms with Crippen LogP contribution in [0, 0.1) is 0 Å². The first-order valence-corrected chi connectivity index (χ1v) is 6.33. The molecule has 0 aromatic rings. The second kappa shape index (κ2) is 7.16. The van der Waals surface area contributed by atoms with E-state index in [0.717, 1.165) is 26.1 Å². The van der Waals surface area contributed by atoms with Crippen molar-refractivity contribution < 1.29 is 14.3 Å². The number of rotatable bonds is 5. The Balaban J connectivity index is 2.42. The molecule has 1 aliphatic rings. The summed E-state index contributed by atoms with van der Waals surface area (Å²) in [6, 6.07) is 0.235. The van der Waals surface area contributed by atoms with Crippen molar-refractivity contribution in [2.24, 2.45) is 0 Å². The maximum atomic E-state index is 11.4. The Hall–Kier alpha value is -1.36. The molecule has 1 saturated heterocycles. The zero-order valence-electron chi connectivity index (χ0n) is 11.4. The van der Waals surface area contributed by atoms with Crippen LogP contribution in [0.3, 0.4) is 0 Å². The first-order chi connectivity index (χ1) is 8.56. The van der Waals surface area contributed by atoms with Crippen LogP contribution in [0.15, 0.2) is 11.6 Å². The molecule has 5 heteroatoms. The summed E-state index contributed by atoms with van der Waals surface area (Å²) in [4.78, 5) is 24.6. The average Bonchev–Trinajstić information content (AvgIpc) is 2.76. The summed E-state index contributed by atoms with van der Waals surface area (Å²) in [5.74, 6) is -0.240. The number of carbonyl (C=O) groups is 2. The summed E-state index contributed by atoms with van der Waals surface area (Å²) in [7, 11) is 1.40. The van der Waals surface area contributed by atoms with Crippen LogP contribution in [-0.2, 0) is 14.3 Å². The van der Waals surface area contributed by atoms with Gasteiger partial charge in [0.15, 0.2) is 0 Å². The number of amides is 1. The fourth-order valence-electron chi connectivity index (χ4n) is 2.15. The lowest BCUT2D eigenvalue weighted by Gasteiger charge is -2.14. The summed E-state index contributed by atoms with van der Waals surface area (Å²) < 4.78 is 4.71. The molecule has 0 aromatic heterocycles. The highest BCUT2D eigenvalue weighted by Crippen LogP contribution is 2.10. The molecule has 1 heterocycles. The third-order valence-electron chi connectivity index (χ3n) is 3.10. The molecule has 0 saturated carbocycles. The van der Waals surface area contributed by atoms with E-state index in [0.29, 0.717) is 12.0 Å². The molecule has 0 aliphatic carbocycles. The highest BCUT2D eigenvalue weighted by molar-refractivity contribution is 5.88. The van der Waals surface area contributed by atoms with Gasteiger partial charge in [0.2, 0.25) is 5.91 Å². The number of esters is 1. The molecular formula is C13H22N2O3. The number of nitrogens with one attached hydrogen (secondary N) is 1. The van der Waals surface area contributed by atoms with Gasteiger partial charge in [0.25, 0.3) is 0 Å². The van der Waals surface area contributed by atoms with Gasteiger partial charge in [0.05, 0.1) is 7.11 Å². The van der Waals surface area contributed by atoms with Crippen LogP contribution < -0.4 is 5.32 Å². The van der Waals surface area contributed by atoms with Gasteiger partial charge in [-0.25, -0.2) is 4.79 Å². The van der Waals surface area contributed by atoms with E-state index < -0.39 is 0 Å². The zero-order chi connectivity index (χ0) is 13.5. The molecular weight excluding hydrogens is 232 g/mol. The number of carbonyl (C=O) groups excluding carboxylic acids is 2. The standard InChI is InChI=1S/C13H22N2O3/c1-4-11(13(17)18-3)5-7-15-8-6-12(9-15)14-10(2)16/h5,12H,4,6-9H2,1-3H3,(H,14,16). The highest BCUT2D eigenvalue weighted by Gasteiger charge is 2.22. The van der Waals surface area contributed by atoms with Crippen LogP contribution in [0.25, 0.3) is 0 Å². The van der Waals surface area contributed by atoms with Crippen molar-refractivity contribution in [2.45, 2.75) is 32.7 Å². The van der Waals surface area contributed by atoms with E-state index in [1.807, 2.05) is 13.0 Å². The van der Waals surface area contributed by atoms with Gasteiger partial charge in [-0.3, -0.25) is 9.69 Å². The van der Waals surface area contributed by atoms with E-state index in [-0.39, 0.29) is 17.9 Å². The Bertz CT molecular complexity index is 339. The maximum Gasteiger partial charge on any atom is 0.333 e. The topological polar surface area (TPSA) is 58.6 Å². The second-order valence-corrected chi connectivity index (χ2v) is 4.52. The lowest BCUT2D eigenvalue weighted by atomic mass is 10.2. The number of nitrogens with zero attached hydrogens (tertiary/aromatic N) is 1. The molecule has 0 bridgehead atoms. The van der Waals surface area contributed by atoms with Gasteiger partial charge in [-0.1, -0.05) is 13.0 Å². The predicted molar refractivity (Wildman–Crippen MR) is 69.1 cm³/mol. The summed E-state index contributed by atoms with van der Waals surface area (Å²) in [6.45, 7) is 5.99. The van der Waals surface area contributed by atoms with Gasteiger partial charge in [0.1, 0.15) is 0 Å². The van der Waals surface area contributed by atoms with E-state index >= 15 is 0 Å². The average molecular weight is 254 g/mol. The summed E-state index contributed by atoms with van der Waals surface area (Å²) in [5.41, 5.74) is 0.709. The summed E-state index contributed by atoms with van der Waals surface area (Å²) in [5, 5.41) is 2.91. The number of methoxy groups -OCH3 is 1. The normalized spacial score (nSPS) is 20.8. The second-order valence-electron chi connectivity index (χ2n) is 4.52. The molecule has 1 aliphatic heterocycles. The molecule has 1 unspecified atom stereocenters. The molecule has 5 nitrogen and oxygen atoms in total. The van der Waals surface area contributed by atoms with Crippen LogP contribution in [0.1, 0.15) is 26.7 Å². The van der Waals surface area contributed by atoms with Crippen molar-refractivity contribution in [3.63, 3.8) is 0 Å². The minimum atomic E-state index is -0.255. The van der Waals surface area contributed by atoms with Gasteiger partial charge in [0, 0.05) is 38.2 Å². The van der Waals surface area contributed by atoms with Crippen molar-refractivity contribution in [1.82, 2.24) is 10.2 Å². The molecule has 102 valence electrons. The first-order valence-electron chi connectivity index (χ1n) is 6.33. The smallest absolute Gasteiger partial charge is 0.333 e. The molecule has 18 heavy (non-hydrogen) atoms. The molecule has 0 spiro atoms. The van der Waals surface area contributed by atoms with E-state index in [1.165, 1.54) is 14.0 Å². The molecule has 1 rings (SSSR count). The van der Waals surface area contributed by atoms with Crippen molar-refractivity contribution in [3.8, 4) is 0 Å². The molecule has 1 fully saturated rings. The van der Waals surface area contributed by atoms with Gasteiger partial charge < -0.3 is 10.1 Å². The first kappa shape index (κ1) is 14.7. The lowest BCUT2D eigenvalue weighted by Crippen LogP contribution is -2.35.